The summed E-state index contributed by atoms with van der Waals surface area (Å²) in [6.45, 7) is 0. The Labute approximate surface area is 105 Å². The van der Waals surface area contributed by atoms with Crippen molar-refractivity contribution < 1.29 is 8.81 Å². The third-order valence-corrected chi connectivity index (χ3v) is 3.92. The minimum absolute atomic E-state index is 0.244. The highest BCUT2D eigenvalue weighted by atomic mass is 35.5. The first-order valence-electron chi connectivity index (χ1n) is 6.05. The van der Waals surface area contributed by atoms with Crippen LogP contribution in [0.2, 0.25) is 0 Å². The van der Waals surface area contributed by atoms with E-state index < -0.39 is 0 Å². The zero-order valence-corrected chi connectivity index (χ0v) is 10.2. The number of rotatable bonds is 4. The van der Waals surface area contributed by atoms with E-state index in [1.165, 1.54) is 18.9 Å². The van der Waals surface area contributed by atoms with Gasteiger partial charge in [-0.25, -0.2) is 4.39 Å². The van der Waals surface area contributed by atoms with Crippen molar-refractivity contribution in [2.24, 2.45) is 5.92 Å². The van der Waals surface area contributed by atoms with Crippen LogP contribution < -0.4 is 0 Å². The molecule has 1 atom stereocenters. The molecular formula is C14H14ClFO. The molecular weight excluding hydrogens is 239 g/mol. The van der Waals surface area contributed by atoms with Crippen molar-refractivity contribution in [3.8, 4) is 0 Å². The zero-order chi connectivity index (χ0) is 11.8. The summed E-state index contributed by atoms with van der Waals surface area (Å²) in [5.41, 5.74) is 0.361. The van der Waals surface area contributed by atoms with Crippen LogP contribution >= 0.6 is 11.6 Å². The highest BCUT2D eigenvalue weighted by molar-refractivity contribution is 6.20. The summed E-state index contributed by atoms with van der Waals surface area (Å²) >= 11 is 6.24. The van der Waals surface area contributed by atoms with Crippen LogP contribution in [0.3, 0.4) is 0 Å². The average Bonchev–Trinajstić information content (AvgIpc) is 3.07. The van der Waals surface area contributed by atoms with Gasteiger partial charge in [0.05, 0.1) is 0 Å². The quantitative estimate of drug-likeness (QED) is 0.729. The summed E-state index contributed by atoms with van der Waals surface area (Å²) in [6.07, 6.45) is 4.21. The maximum absolute atomic E-state index is 13.4. The number of fused-ring (bicyclic) bond motifs is 1. The van der Waals surface area contributed by atoms with Crippen molar-refractivity contribution >= 4 is 22.6 Å². The highest BCUT2D eigenvalue weighted by Crippen LogP contribution is 2.37. The van der Waals surface area contributed by atoms with Crippen LogP contribution in [0.1, 0.15) is 25.0 Å². The maximum Gasteiger partial charge on any atom is 0.169 e. The van der Waals surface area contributed by atoms with Crippen molar-refractivity contribution in [3.05, 3.63) is 35.8 Å². The molecule has 1 heterocycles. The van der Waals surface area contributed by atoms with E-state index >= 15 is 0 Å². The topological polar surface area (TPSA) is 13.1 Å². The normalized spacial score (nSPS) is 17.5. The van der Waals surface area contributed by atoms with E-state index in [0.29, 0.717) is 11.5 Å². The van der Waals surface area contributed by atoms with E-state index in [4.69, 9.17) is 16.0 Å². The van der Waals surface area contributed by atoms with Crippen LogP contribution in [-0.4, -0.2) is 5.38 Å². The third kappa shape index (κ3) is 2.32. The molecule has 17 heavy (non-hydrogen) atoms. The molecule has 0 spiro atoms. The molecule has 0 saturated heterocycles. The summed E-state index contributed by atoms with van der Waals surface area (Å²) < 4.78 is 18.9. The molecule has 90 valence electrons. The number of benzene rings is 1. The molecule has 0 aliphatic heterocycles. The predicted molar refractivity (Wildman–Crippen MR) is 66.9 cm³/mol. The Balaban J connectivity index is 1.74. The van der Waals surface area contributed by atoms with Gasteiger partial charge >= 0.3 is 0 Å². The monoisotopic (exact) mass is 252 g/mol. The second kappa shape index (κ2) is 4.34. The highest BCUT2D eigenvalue weighted by Gasteiger charge is 2.29. The maximum atomic E-state index is 13.4. The smallest absolute Gasteiger partial charge is 0.169 e. The lowest BCUT2D eigenvalue weighted by atomic mass is 10.1. The summed E-state index contributed by atoms with van der Waals surface area (Å²) in [6, 6.07) is 6.90. The average molecular weight is 253 g/mol. The molecule has 1 unspecified atom stereocenters. The number of para-hydroxylation sites is 1. The van der Waals surface area contributed by atoms with Crippen molar-refractivity contribution in [1.82, 2.24) is 0 Å². The van der Waals surface area contributed by atoms with Crippen LogP contribution in [0.25, 0.3) is 11.0 Å². The van der Waals surface area contributed by atoms with E-state index in [1.54, 1.807) is 6.07 Å². The van der Waals surface area contributed by atoms with Gasteiger partial charge in [-0.05, 0) is 37.3 Å². The van der Waals surface area contributed by atoms with Crippen LogP contribution in [0, 0.1) is 11.7 Å². The molecule has 1 aromatic heterocycles. The number of alkyl halides is 1. The summed E-state index contributed by atoms with van der Waals surface area (Å²) in [5, 5.41) is 1.07. The lowest BCUT2D eigenvalue weighted by Gasteiger charge is -2.04. The van der Waals surface area contributed by atoms with E-state index in [9.17, 15) is 4.39 Å². The fourth-order valence-corrected chi connectivity index (χ4v) is 2.54. The predicted octanol–water partition coefficient (Wildman–Crippen LogP) is 4.52. The number of aryl methyl sites for hydroxylation is 1. The van der Waals surface area contributed by atoms with Gasteiger partial charge in [-0.1, -0.05) is 12.1 Å². The van der Waals surface area contributed by atoms with E-state index in [-0.39, 0.29) is 11.2 Å². The van der Waals surface area contributed by atoms with Gasteiger partial charge in [-0.3, -0.25) is 0 Å². The van der Waals surface area contributed by atoms with Crippen molar-refractivity contribution in [2.45, 2.75) is 31.1 Å². The van der Waals surface area contributed by atoms with Gasteiger partial charge in [-0.15, -0.1) is 11.6 Å². The number of hydrogen-bond donors (Lipinski definition) is 0. The Morgan fingerprint density at radius 3 is 2.94 bits per heavy atom. The van der Waals surface area contributed by atoms with Crippen LogP contribution in [0.4, 0.5) is 4.39 Å². The SMILES string of the molecule is Fc1cccc2cc(CCC(Cl)C3CC3)oc12. The number of hydrogen-bond acceptors (Lipinski definition) is 1. The van der Waals surface area contributed by atoms with Gasteiger partial charge in [0.1, 0.15) is 5.76 Å². The van der Waals surface area contributed by atoms with E-state index in [2.05, 4.69) is 0 Å². The van der Waals surface area contributed by atoms with Crippen molar-refractivity contribution in [1.29, 1.82) is 0 Å². The number of halogens is 2. The van der Waals surface area contributed by atoms with Gasteiger partial charge in [0.25, 0.3) is 0 Å². The van der Waals surface area contributed by atoms with Gasteiger partial charge in [-0.2, -0.15) is 0 Å². The molecule has 0 amide bonds. The molecule has 0 bridgehead atoms. The first kappa shape index (κ1) is 11.1. The van der Waals surface area contributed by atoms with E-state index in [1.807, 2.05) is 12.1 Å². The Kier molecular flexibility index (Phi) is 2.83. The molecule has 1 saturated carbocycles. The molecule has 1 aromatic carbocycles. The zero-order valence-electron chi connectivity index (χ0n) is 9.46. The standard InChI is InChI=1S/C14H14ClFO/c15-12(9-4-5-9)7-6-11-8-10-2-1-3-13(16)14(10)17-11/h1-3,8-9,12H,4-7H2. The molecule has 0 N–H and O–H groups in total. The molecule has 1 nitrogen and oxygen atoms in total. The van der Waals surface area contributed by atoms with Crippen molar-refractivity contribution in [2.75, 3.05) is 0 Å². The third-order valence-electron chi connectivity index (χ3n) is 3.35. The molecule has 3 rings (SSSR count). The Bertz CT molecular complexity index is 530. The first-order chi connectivity index (χ1) is 8.24. The van der Waals surface area contributed by atoms with Crippen LogP contribution in [0.15, 0.2) is 28.7 Å². The largest absolute Gasteiger partial charge is 0.458 e. The molecule has 3 heteroatoms. The van der Waals surface area contributed by atoms with Gasteiger partial charge in [0.15, 0.2) is 11.4 Å². The summed E-state index contributed by atoms with van der Waals surface area (Å²) in [5.74, 6) is 1.23. The lowest BCUT2D eigenvalue weighted by Crippen LogP contribution is -2.02. The van der Waals surface area contributed by atoms with Crippen LogP contribution in [0.5, 0.6) is 0 Å². The Hall–Kier alpha value is -1.02. The Morgan fingerprint density at radius 2 is 2.24 bits per heavy atom. The molecule has 0 radical (unpaired) electrons. The van der Waals surface area contributed by atoms with Crippen molar-refractivity contribution in [3.63, 3.8) is 0 Å². The fraction of sp³-hybridized carbons (Fsp3) is 0.429. The lowest BCUT2D eigenvalue weighted by molar-refractivity contribution is 0.505. The number of furan rings is 1. The molecule has 1 aliphatic rings. The minimum atomic E-state index is -0.293. The second-order valence-corrected chi connectivity index (χ2v) is 5.32. The molecule has 1 fully saturated rings. The molecule has 2 aromatic rings. The Morgan fingerprint density at radius 1 is 1.41 bits per heavy atom. The van der Waals surface area contributed by atoms with Gasteiger partial charge < -0.3 is 4.42 Å². The first-order valence-corrected chi connectivity index (χ1v) is 6.48. The van der Waals surface area contributed by atoms with Crippen LogP contribution in [-0.2, 0) is 6.42 Å². The summed E-state index contributed by atoms with van der Waals surface area (Å²) in [7, 11) is 0. The minimum Gasteiger partial charge on any atom is -0.458 e. The van der Waals surface area contributed by atoms with E-state index in [0.717, 1.165) is 24.0 Å². The van der Waals surface area contributed by atoms with Gasteiger partial charge in [0, 0.05) is 17.2 Å². The van der Waals surface area contributed by atoms with Gasteiger partial charge in [0.2, 0.25) is 0 Å². The molecule has 1 aliphatic carbocycles. The fourth-order valence-electron chi connectivity index (χ4n) is 2.18. The second-order valence-electron chi connectivity index (χ2n) is 4.76. The summed E-state index contributed by atoms with van der Waals surface area (Å²) in [4.78, 5) is 0.